The van der Waals surface area contributed by atoms with Gasteiger partial charge in [-0.25, -0.2) is 0 Å². The smallest absolute Gasteiger partial charge is 0.125 e. The maximum absolute atomic E-state index is 8.93. The van der Waals surface area contributed by atoms with Gasteiger partial charge < -0.3 is 4.74 Å². The predicted molar refractivity (Wildman–Crippen MR) is 76.1 cm³/mol. The van der Waals surface area contributed by atoms with Crippen LogP contribution < -0.4 is 4.74 Å². The zero-order valence-corrected chi connectivity index (χ0v) is 11.5. The highest BCUT2D eigenvalue weighted by Gasteiger charge is 2.07. The number of nitriles is 1. The third kappa shape index (κ3) is 2.95. The van der Waals surface area contributed by atoms with E-state index in [0.29, 0.717) is 12.2 Å². The fraction of sp³-hybridized carbons (Fsp3) is 0.235. The first-order valence-corrected chi connectivity index (χ1v) is 6.30. The predicted octanol–water partition coefficient (Wildman–Crippen LogP) is 4.06. The van der Waals surface area contributed by atoms with Crippen LogP contribution in [-0.2, 0) is 6.61 Å². The molecular formula is C17H17NO. The Labute approximate surface area is 114 Å². The van der Waals surface area contributed by atoms with E-state index in [2.05, 4.69) is 25.1 Å². The van der Waals surface area contributed by atoms with Gasteiger partial charge >= 0.3 is 0 Å². The fourth-order valence-corrected chi connectivity index (χ4v) is 2.16. The average molecular weight is 251 g/mol. The lowest BCUT2D eigenvalue weighted by Crippen LogP contribution is -2.01. The highest BCUT2D eigenvalue weighted by atomic mass is 16.5. The maximum atomic E-state index is 8.93. The summed E-state index contributed by atoms with van der Waals surface area (Å²) in [6, 6.07) is 14.1. The van der Waals surface area contributed by atoms with Crippen LogP contribution in [0.4, 0.5) is 0 Å². The Bertz CT molecular complexity index is 615. The number of ether oxygens (including phenoxy) is 1. The van der Waals surface area contributed by atoms with Gasteiger partial charge in [0.15, 0.2) is 0 Å². The zero-order chi connectivity index (χ0) is 13.8. The molecule has 19 heavy (non-hydrogen) atoms. The van der Waals surface area contributed by atoms with Gasteiger partial charge in [-0.05, 0) is 55.2 Å². The molecular weight excluding hydrogens is 234 g/mol. The molecule has 0 aliphatic rings. The monoisotopic (exact) mass is 251 g/mol. The normalized spacial score (nSPS) is 10.0. The lowest BCUT2D eigenvalue weighted by molar-refractivity contribution is 0.301. The average Bonchev–Trinajstić information content (AvgIpc) is 2.39. The summed E-state index contributed by atoms with van der Waals surface area (Å²) in [5, 5.41) is 8.93. The minimum Gasteiger partial charge on any atom is -0.488 e. The van der Waals surface area contributed by atoms with E-state index < -0.39 is 0 Å². The van der Waals surface area contributed by atoms with Crippen molar-refractivity contribution in [2.24, 2.45) is 0 Å². The Morgan fingerprint density at radius 3 is 2.21 bits per heavy atom. The number of hydrogen-bond acceptors (Lipinski definition) is 2. The Balaban J connectivity index is 2.21. The SMILES string of the molecule is Cc1ccccc1COc1c(C)cc(C#N)cc1C. The van der Waals surface area contributed by atoms with Crippen molar-refractivity contribution < 1.29 is 4.74 Å². The number of benzene rings is 2. The molecule has 2 heteroatoms. The van der Waals surface area contributed by atoms with Crippen LogP contribution in [0.5, 0.6) is 5.75 Å². The summed E-state index contributed by atoms with van der Waals surface area (Å²) in [4.78, 5) is 0. The Morgan fingerprint density at radius 1 is 1.00 bits per heavy atom. The van der Waals surface area contributed by atoms with E-state index in [1.165, 1.54) is 11.1 Å². The van der Waals surface area contributed by atoms with Crippen LogP contribution in [0.2, 0.25) is 0 Å². The van der Waals surface area contributed by atoms with E-state index in [1.807, 2.05) is 38.1 Å². The molecule has 0 bridgehead atoms. The lowest BCUT2D eigenvalue weighted by atomic mass is 10.1. The fourth-order valence-electron chi connectivity index (χ4n) is 2.16. The third-order valence-corrected chi connectivity index (χ3v) is 3.22. The molecule has 2 nitrogen and oxygen atoms in total. The van der Waals surface area contributed by atoms with Crippen LogP contribution in [0.3, 0.4) is 0 Å². The second-order valence-electron chi connectivity index (χ2n) is 4.77. The van der Waals surface area contributed by atoms with Crippen molar-refractivity contribution in [3.8, 4) is 11.8 Å². The first-order valence-electron chi connectivity index (χ1n) is 6.30. The molecule has 2 aromatic rings. The van der Waals surface area contributed by atoms with Gasteiger partial charge in [-0.15, -0.1) is 0 Å². The van der Waals surface area contributed by atoms with Gasteiger partial charge in [0.25, 0.3) is 0 Å². The van der Waals surface area contributed by atoms with Crippen LogP contribution in [0.25, 0.3) is 0 Å². The molecule has 0 aromatic heterocycles. The van der Waals surface area contributed by atoms with Gasteiger partial charge in [-0.3, -0.25) is 0 Å². The molecule has 0 saturated heterocycles. The second-order valence-corrected chi connectivity index (χ2v) is 4.77. The van der Waals surface area contributed by atoms with Crippen LogP contribution >= 0.6 is 0 Å². The molecule has 0 aliphatic heterocycles. The van der Waals surface area contributed by atoms with Crippen molar-refractivity contribution in [3.05, 3.63) is 64.2 Å². The highest BCUT2D eigenvalue weighted by Crippen LogP contribution is 2.25. The number of nitrogens with zero attached hydrogens (tertiary/aromatic N) is 1. The van der Waals surface area contributed by atoms with E-state index in [9.17, 15) is 0 Å². The highest BCUT2D eigenvalue weighted by molar-refractivity contribution is 5.47. The molecule has 0 atom stereocenters. The molecule has 0 N–H and O–H groups in total. The van der Waals surface area contributed by atoms with Gasteiger partial charge in [-0.1, -0.05) is 24.3 Å². The maximum Gasteiger partial charge on any atom is 0.125 e. The minimum absolute atomic E-state index is 0.556. The molecule has 0 aliphatic carbocycles. The van der Waals surface area contributed by atoms with E-state index in [4.69, 9.17) is 10.00 Å². The first kappa shape index (κ1) is 13.2. The Kier molecular flexibility index (Phi) is 3.87. The van der Waals surface area contributed by atoms with Crippen LogP contribution in [0.15, 0.2) is 36.4 Å². The van der Waals surface area contributed by atoms with E-state index >= 15 is 0 Å². The molecule has 0 fully saturated rings. The van der Waals surface area contributed by atoms with Gasteiger partial charge in [-0.2, -0.15) is 5.26 Å². The van der Waals surface area contributed by atoms with E-state index in [1.54, 1.807) is 0 Å². The van der Waals surface area contributed by atoms with E-state index in [-0.39, 0.29) is 0 Å². The van der Waals surface area contributed by atoms with Crippen LogP contribution in [0, 0.1) is 32.1 Å². The van der Waals surface area contributed by atoms with Gasteiger partial charge in [0, 0.05) is 0 Å². The zero-order valence-electron chi connectivity index (χ0n) is 11.5. The molecule has 0 heterocycles. The molecule has 96 valence electrons. The summed E-state index contributed by atoms with van der Waals surface area (Å²) < 4.78 is 5.92. The topological polar surface area (TPSA) is 33.0 Å². The quantitative estimate of drug-likeness (QED) is 0.824. The number of aryl methyl sites for hydroxylation is 3. The summed E-state index contributed by atoms with van der Waals surface area (Å²) in [6.45, 7) is 6.58. The first-order chi connectivity index (χ1) is 9.11. The Morgan fingerprint density at radius 2 is 1.63 bits per heavy atom. The van der Waals surface area contributed by atoms with Gasteiger partial charge in [0.1, 0.15) is 12.4 Å². The van der Waals surface area contributed by atoms with Crippen molar-refractivity contribution >= 4 is 0 Å². The third-order valence-electron chi connectivity index (χ3n) is 3.22. The standard InChI is InChI=1S/C17H17NO/c1-12-6-4-5-7-16(12)11-19-17-13(2)8-15(10-18)9-14(17)3/h4-9H,11H2,1-3H3. The molecule has 0 saturated carbocycles. The summed E-state index contributed by atoms with van der Waals surface area (Å²) in [7, 11) is 0. The second kappa shape index (κ2) is 5.58. The minimum atomic E-state index is 0.556. The molecule has 0 unspecified atom stereocenters. The molecule has 2 rings (SSSR count). The van der Waals surface area contributed by atoms with Gasteiger partial charge in [0.2, 0.25) is 0 Å². The van der Waals surface area contributed by atoms with Crippen molar-refractivity contribution in [1.82, 2.24) is 0 Å². The number of rotatable bonds is 3. The summed E-state index contributed by atoms with van der Waals surface area (Å²) in [5.41, 5.74) is 5.10. The summed E-state index contributed by atoms with van der Waals surface area (Å²) in [6.07, 6.45) is 0. The van der Waals surface area contributed by atoms with Crippen molar-refractivity contribution in [3.63, 3.8) is 0 Å². The molecule has 2 aromatic carbocycles. The van der Waals surface area contributed by atoms with Crippen LogP contribution in [0.1, 0.15) is 27.8 Å². The van der Waals surface area contributed by atoms with Gasteiger partial charge in [0.05, 0.1) is 11.6 Å². The molecule has 0 radical (unpaired) electrons. The van der Waals surface area contributed by atoms with E-state index in [0.717, 1.165) is 16.9 Å². The molecule has 0 spiro atoms. The summed E-state index contributed by atoms with van der Waals surface area (Å²) >= 11 is 0. The van der Waals surface area contributed by atoms with Crippen molar-refractivity contribution in [2.75, 3.05) is 0 Å². The van der Waals surface area contributed by atoms with Crippen molar-refractivity contribution in [1.29, 1.82) is 5.26 Å². The van der Waals surface area contributed by atoms with Crippen LogP contribution in [-0.4, -0.2) is 0 Å². The Hall–Kier alpha value is -2.27. The largest absolute Gasteiger partial charge is 0.488 e. The summed E-state index contributed by atoms with van der Waals surface area (Å²) in [5.74, 6) is 0.877. The van der Waals surface area contributed by atoms with Crippen molar-refractivity contribution in [2.45, 2.75) is 27.4 Å². The lowest BCUT2D eigenvalue weighted by Gasteiger charge is -2.13. The molecule has 0 amide bonds. The number of hydrogen-bond donors (Lipinski definition) is 0.